The van der Waals surface area contributed by atoms with Gasteiger partial charge in [-0.05, 0) is 65.4 Å². The Labute approximate surface area is 199 Å². The van der Waals surface area contributed by atoms with Crippen molar-refractivity contribution in [1.82, 2.24) is 9.88 Å². The Balaban J connectivity index is 1.51. The Bertz CT molecular complexity index is 1220. The Hall–Kier alpha value is -3.36. The minimum atomic E-state index is -0.572. The molecule has 0 unspecified atom stereocenters. The van der Waals surface area contributed by atoms with Gasteiger partial charge in [-0.25, -0.2) is 4.39 Å². The molecule has 2 aromatic carbocycles. The van der Waals surface area contributed by atoms with Gasteiger partial charge in [0.05, 0.1) is 18.6 Å². The summed E-state index contributed by atoms with van der Waals surface area (Å²) < 4.78 is 25.4. The molecule has 9 heteroatoms. The van der Waals surface area contributed by atoms with Gasteiger partial charge in [0.2, 0.25) is 0 Å². The van der Waals surface area contributed by atoms with Gasteiger partial charge in [0.25, 0.3) is 11.1 Å². The summed E-state index contributed by atoms with van der Waals surface area (Å²) in [5.41, 5.74) is 1.71. The number of benzene rings is 2. The second-order valence-corrected chi connectivity index (χ2v) is 8.42. The lowest BCUT2D eigenvalue weighted by molar-refractivity contribution is -0.123. The number of hydrogen-bond donors (Lipinski definition) is 0. The molecule has 1 aromatic heterocycles. The zero-order valence-corrected chi connectivity index (χ0v) is 19.0. The number of aromatic nitrogens is 1. The van der Waals surface area contributed by atoms with Crippen LogP contribution in [0.2, 0.25) is 5.02 Å². The molecule has 1 aliphatic heterocycles. The summed E-state index contributed by atoms with van der Waals surface area (Å²) in [6.07, 6.45) is 4.96. The van der Waals surface area contributed by atoms with Gasteiger partial charge in [0.1, 0.15) is 12.4 Å². The van der Waals surface area contributed by atoms with E-state index in [9.17, 15) is 14.0 Å². The lowest BCUT2D eigenvalue weighted by Gasteiger charge is -2.14. The zero-order valence-electron chi connectivity index (χ0n) is 17.5. The van der Waals surface area contributed by atoms with E-state index in [1.165, 1.54) is 25.3 Å². The molecule has 0 saturated carbocycles. The van der Waals surface area contributed by atoms with Crippen molar-refractivity contribution in [3.63, 3.8) is 0 Å². The Morgan fingerprint density at radius 2 is 1.91 bits per heavy atom. The van der Waals surface area contributed by atoms with Gasteiger partial charge in [0.15, 0.2) is 11.5 Å². The van der Waals surface area contributed by atoms with Crippen molar-refractivity contribution >= 4 is 40.6 Å². The number of nitrogens with zero attached hydrogens (tertiary/aromatic N) is 2. The molecule has 0 spiro atoms. The van der Waals surface area contributed by atoms with E-state index in [1.54, 1.807) is 36.7 Å². The molecule has 2 heterocycles. The highest BCUT2D eigenvalue weighted by molar-refractivity contribution is 8.18. The van der Waals surface area contributed by atoms with Gasteiger partial charge in [-0.2, -0.15) is 0 Å². The molecule has 0 N–H and O–H groups in total. The summed E-state index contributed by atoms with van der Waals surface area (Å²) in [4.78, 5) is 30.4. The number of thioether (sulfide) groups is 1. The molecule has 0 radical (unpaired) electrons. The number of methoxy groups -OCH3 is 1. The minimum absolute atomic E-state index is 0.0973. The molecule has 0 bridgehead atoms. The van der Waals surface area contributed by atoms with Crippen LogP contribution in [0.5, 0.6) is 11.5 Å². The monoisotopic (exact) mass is 484 g/mol. The molecular weight excluding hydrogens is 467 g/mol. The van der Waals surface area contributed by atoms with Crippen LogP contribution in [-0.2, 0) is 17.9 Å². The first-order chi connectivity index (χ1) is 16.0. The number of hydrogen-bond acceptors (Lipinski definition) is 6. The molecule has 0 atom stereocenters. The number of pyridine rings is 1. The molecule has 1 fully saturated rings. The van der Waals surface area contributed by atoms with E-state index in [0.29, 0.717) is 23.7 Å². The molecule has 1 saturated heterocycles. The molecule has 168 valence electrons. The van der Waals surface area contributed by atoms with Gasteiger partial charge in [-0.3, -0.25) is 19.5 Å². The number of rotatable bonds is 7. The fourth-order valence-electron chi connectivity index (χ4n) is 3.16. The van der Waals surface area contributed by atoms with E-state index < -0.39 is 17.0 Å². The first-order valence-corrected chi connectivity index (χ1v) is 11.0. The van der Waals surface area contributed by atoms with Crippen LogP contribution < -0.4 is 9.47 Å². The van der Waals surface area contributed by atoms with Crippen LogP contribution in [-0.4, -0.2) is 28.1 Å². The fraction of sp³-hybridized carbons (Fsp3) is 0.125. The van der Waals surface area contributed by atoms with Crippen LogP contribution in [0, 0.1) is 5.82 Å². The van der Waals surface area contributed by atoms with E-state index in [0.717, 1.165) is 22.2 Å². The summed E-state index contributed by atoms with van der Waals surface area (Å²) in [6, 6.07) is 13.1. The maximum Gasteiger partial charge on any atom is 0.293 e. The second kappa shape index (κ2) is 10.1. The van der Waals surface area contributed by atoms with Crippen LogP contribution in [0.3, 0.4) is 0 Å². The summed E-state index contributed by atoms with van der Waals surface area (Å²) in [6.45, 7) is 0.105. The fourth-order valence-corrected chi connectivity index (χ4v) is 4.22. The van der Waals surface area contributed by atoms with Gasteiger partial charge in [-0.15, -0.1) is 0 Å². The highest BCUT2D eigenvalue weighted by Crippen LogP contribution is 2.36. The van der Waals surface area contributed by atoms with Crippen molar-refractivity contribution < 1.29 is 23.5 Å². The maximum absolute atomic E-state index is 14.1. The van der Waals surface area contributed by atoms with Crippen molar-refractivity contribution in [2.24, 2.45) is 0 Å². The average Bonchev–Trinajstić information content (AvgIpc) is 3.08. The molecule has 33 heavy (non-hydrogen) atoms. The predicted molar refractivity (Wildman–Crippen MR) is 124 cm³/mol. The SMILES string of the molecule is COc1cc(/C=C2\SC(=O)N(Cc3c(F)cccc3Cl)C2=O)ccc1OCc1ccncc1. The summed E-state index contributed by atoms with van der Waals surface area (Å²) >= 11 is 6.83. The zero-order chi connectivity index (χ0) is 23.4. The first kappa shape index (κ1) is 22.8. The van der Waals surface area contributed by atoms with Crippen LogP contribution in [0.15, 0.2) is 65.8 Å². The number of imide groups is 1. The smallest absolute Gasteiger partial charge is 0.293 e. The van der Waals surface area contributed by atoms with Gasteiger partial charge < -0.3 is 9.47 Å². The molecular formula is C24H18ClFN2O4S. The first-order valence-electron chi connectivity index (χ1n) is 9.84. The number of ether oxygens (including phenoxy) is 2. The lowest BCUT2D eigenvalue weighted by atomic mass is 10.1. The van der Waals surface area contributed by atoms with Crippen LogP contribution in [0.4, 0.5) is 9.18 Å². The number of halogens is 2. The standard InChI is InChI=1S/C24H18ClFN2O4S/c1-31-21-11-16(5-6-20(21)32-14-15-7-9-27-10-8-15)12-22-23(29)28(24(30)33-22)13-17-18(25)3-2-4-19(17)26/h2-12H,13-14H2,1H3/b22-12-. The van der Waals surface area contributed by atoms with Gasteiger partial charge in [-0.1, -0.05) is 23.7 Å². The van der Waals surface area contributed by atoms with Gasteiger partial charge >= 0.3 is 0 Å². The Morgan fingerprint density at radius 3 is 2.64 bits per heavy atom. The summed E-state index contributed by atoms with van der Waals surface area (Å²) in [7, 11) is 1.52. The van der Waals surface area contributed by atoms with Crippen molar-refractivity contribution in [1.29, 1.82) is 0 Å². The predicted octanol–water partition coefficient (Wildman–Crippen LogP) is 5.70. The van der Waals surface area contributed by atoms with Gasteiger partial charge in [0, 0.05) is 23.0 Å². The number of amides is 2. The minimum Gasteiger partial charge on any atom is -0.493 e. The molecule has 2 amide bonds. The third-order valence-electron chi connectivity index (χ3n) is 4.88. The Kier molecular flexibility index (Phi) is 6.96. The number of carbonyl (C=O) groups is 2. The van der Waals surface area contributed by atoms with Crippen LogP contribution in [0.1, 0.15) is 16.7 Å². The molecule has 6 nitrogen and oxygen atoms in total. The van der Waals surface area contributed by atoms with E-state index in [1.807, 2.05) is 12.1 Å². The highest BCUT2D eigenvalue weighted by Gasteiger charge is 2.36. The molecule has 1 aliphatic rings. The molecule has 4 rings (SSSR count). The van der Waals surface area contributed by atoms with E-state index in [-0.39, 0.29) is 22.0 Å². The largest absolute Gasteiger partial charge is 0.493 e. The van der Waals surface area contributed by atoms with E-state index in [4.69, 9.17) is 21.1 Å². The topological polar surface area (TPSA) is 68.7 Å². The van der Waals surface area contributed by atoms with Crippen LogP contribution >= 0.6 is 23.4 Å². The number of carbonyl (C=O) groups excluding carboxylic acids is 2. The quantitative estimate of drug-likeness (QED) is 0.401. The molecule has 0 aliphatic carbocycles. The normalized spacial score (nSPS) is 14.8. The third kappa shape index (κ3) is 5.18. The van der Waals surface area contributed by atoms with Crippen molar-refractivity contribution in [2.75, 3.05) is 7.11 Å². The third-order valence-corrected chi connectivity index (χ3v) is 6.14. The average molecular weight is 485 g/mol. The summed E-state index contributed by atoms with van der Waals surface area (Å²) in [5.74, 6) is -0.0668. The van der Waals surface area contributed by atoms with Crippen molar-refractivity contribution in [2.45, 2.75) is 13.2 Å². The van der Waals surface area contributed by atoms with Crippen LogP contribution in [0.25, 0.3) is 6.08 Å². The van der Waals surface area contributed by atoms with E-state index >= 15 is 0 Å². The second-order valence-electron chi connectivity index (χ2n) is 7.02. The Morgan fingerprint density at radius 1 is 1.12 bits per heavy atom. The summed E-state index contributed by atoms with van der Waals surface area (Å²) in [5, 5.41) is -0.333. The van der Waals surface area contributed by atoms with Crippen molar-refractivity contribution in [3.05, 3.63) is 93.4 Å². The van der Waals surface area contributed by atoms with Crippen molar-refractivity contribution in [3.8, 4) is 11.5 Å². The lowest BCUT2D eigenvalue weighted by Crippen LogP contribution is -2.28. The molecule has 3 aromatic rings. The maximum atomic E-state index is 14.1. The highest BCUT2D eigenvalue weighted by atomic mass is 35.5. The van der Waals surface area contributed by atoms with E-state index in [2.05, 4.69) is 4.98 Å².